The zero-order valence-corrected chi connectivity index (χ0v) is 20.5. The van der Waals surface area contributed by atoms with Crippen LogP contribution in [0.1, 0.15) is 24.1 Å². The summed E-state index contributed by atoms with van der Waals surface area (Å²) in [6, 6.07) is 20.0. The van der Waals surface area contributed by atoms with E-state index in [9.17, 15) is 19.5 Å². The van der Waals surface area contributed by atoms with Crippen molar-refractivity contribution < 1.29 is 24.2 Å². The van der Waals surface area contributed by atoms with Crippen molar-refractivity contribution in [3.63, 3.8) is 0 Å². The van der Waals surface area contributed by atoms with E-state index in [1.54, 1.807) is 48.5 Å². The molecule has 4 rings (SSSR count). The van der Waals surface area contributed by atoms with Crippen molar-refractivity contribution in [2.45, 2.75) is 13.0 Å². The molecule has 1 fully saturated rings. The van der Waals surface area contributed by atoms with Gasteiger partial charge in [-0.05, 0) is 48.0 Å². The molecule has 1 heterocycles. The number of anilines is 3. The zero-order chi connectivity index (χ0) is 26.0. The van der Waals surface area contributed by atoms with Crippen molar-refractivity contribution in [2.24, 2.45) is 0 Å². The largest absolute Gasteiger partial charge is 0.507 e. The molecule has 1 aliphatic heterocycles. The fourth-order valence-electron chi connectivity index (χ4n) is 4.29. The topological polar surface area (TPSA) is 99.2 Å². The van der Waals surface area contributed by atoms with E-state index in [2.05, 4.69) is 5.32 Å². The first-order valence-corrected chi connectivity index (χ1v) is 11.3. The maximum absolute atomic E-state index is 13.4. The number of Topliss-reactive ketones (excluding diaryl/α,β-unsaturated/α-hetero) is 1. The van der Waals surface area contributed by atoms with Gasteiger partial charge in [-0.2, -0.15) is 0 Å². The minimum absolute atomic E-state index is 0.0490. The molecule has 0 aromatic heterocycles. The number of benzene rings is 3. The number of nitrogens with one attached hydrogen (secondary N) is 1. The van der Waals surface area contributed by atoms with Gasteiger partial charge >= 0.3 is 0 Å². The summed E-state index contributed by atoms with van der Waals surface area (Å²) in [4.78, 5) is 41.7. The summed E-state index contributed by atoms with van der Waals surface area (Å²) in [5, 5.41) is 14.1. The van der Waals surface area contributed by atoms with Gasteiger partial charge in [-0.1, -0.05) is 30.3 Å². The van der Waals surface area contributed by atoms with Gasteiger partial charge in [0.1, 0.15) is 11.5 Å². The summed E-state index contributed by atoms with van der Waals surface area (Å²) in [6.45, 7) is 1.39. The Morgan fingerprint density at radius 3 is 2.33 bits per heavy atom. The van der Waals surface area contributed by atoms with E-state index in [1.807, 2.05) is 43.3 Å². The number of methoxy groups -OCH3 is 1. The molecule has 2 N–H and O–H groups in total. The van der Waals surface area contributed by atoms with Gasteiger partial charge in [-0.15, -0.1) is 0 Å². The van der Waals surface area contributed by atoms with Crippen LogP contribution < -0.4 is 19.9 Å². The van der Waals surface area contributed by atoms with Crippen molar-refractivity contribution in [3.05, 3.63) is 89.5 Å². The van der Waals surface area contributed by atoms with E-state index >= 15 is 0 Å². The minimum atomic E-state index is -0.904. The molecule has 1 saturated heterocycles. The van der Waals surface area contributed by atoms with Gasteiger partial charge in [-0.25, -0.2) is 0 Å². The Morgan fingerprint density at radius 1 is 1.00 bits per heavy atom. The summed E-state index contributed by atoms with van der Waals surface area (Å²) >= 11 is 0. The number of ether oxygens (including phenoxy) is 1. The quantitative estimate of drug-likeness (QED) is 0.306. The fourth-order valence-corrected chi connectivity index (χ4v) is 4.29. The molecule has 1 aliphatic rings. The summed E-state index contributed by atoms with van der Waals surface area (Å²) in [7, 11) is 5.29. The number of carbonyl (C=O) groups excluding carboxylic acids is 3. The van der Waals surface area contributed by atoms with Gasteiger partial charge in [0.2, 0.25) is 5.91 Å². The number of ketones is 1. The number of nitrogens with zero attached hydrogens (tertiary/aromatic N) is 2. The van der Waals surface area contributed by atoms with Crippen molar-refractivity contribution >= 4 is 40.4 Å². The first-order chi connectivity index (χ1) is 17.2. The van der Waals surface area contributed by atoms with Gasteiger partial charge in [-0.3, -0.25) is 19.3 Å². The van der Waals surface area contributed by atoms with Crippen LogP contribution in [-0.2, 0) is 14.4 Å². The van der Waals surface area contributed by atoms with Gasteiger partial charge in [0.15, 0.2) is 0 Å². The van der Waals surface area contributed by atoms with E-state index in [0.717, 1.165) is 5.69 Å². The Kier molecular flexibility index (Phi) is 6.78. The minimum Gasteiger partial charge on any atom is -0.507 e. The molecule has 36 heavy (non-hydrogen) atoms. The normalized spacial score (nSPS) is 16.7. The molecule has 2 amide bonds. The number of rotatable bonds is 6. The molecule has 3 aromatic rings. The first-order valence-electron chi connectivity index (χ1n) is 11.3. The lowest BCUT2D eigenvalue weighted by Crippen LogP contribution is -2.29. The third kappa shape index (κ3) is 4.53. The monoisotopic (exact) mass is 485 g/mol. The Bertz CT molecular complexity index is 1360. The highest BCUT2D eigenvalue weighted by Crippen LogP contribution is 2.43. The molecule has 1 atom stereocenters. The molecule has 0 spiro atoms. The molecule has 1 unspecified atom stereocenters. The van der Waals surface area contributed by atoms with Crippen LogP contribution in [0.3, 0.4) is 0 Å². The Morgan fingerprint density at radius 2 is 1.69 bits per heavy atom. The Hall–Kier alpha value is -4.59. The van der Waals surface area contributed by atoms with Gasteiger partial charge < -0.3 is 20.1 Å². The Labute approximate surface area is 209 Å². The van der Waals surface area contributed by atoms with E-state index in [4.69, 9.17) is 4.74 Å². The molecular weight excluding hydrogens is 458 g/mol. The average Bonchev–Trinajstić information content (AvgIpc) is 3.13. The van der Waals surface area contributed by atoms with Crippen LogP contribution in [0.25, 0.3) is 5.76 Å². The third-order valence-electron chi connectivity index (χ3n) is 5.98. The van der Waals surface area contributed by atoms with Crippen LogP contribution in [0, 0.1) is 0 Å². The molecule has 0 saturated carbocycles. The second kappa shape index (κ2) is 9.95. The lowest BCUT2D eigenvalue weighted by atomic mass is 9.94. The number of amides is 2. The smallest absolute Gasteiger partial charge is 0.300 e. The number of para-hydroxylation sites is 1. The first kappa shape index (κ1) is 24.5. The lowest BCUT2D eigenvalue weighted by molar-refractivity contribution is -0.132. The number of carbonyl (C=O) groups is 3. The number of aliphatic hydroxyl groups excluding tert-OH is 1. The zero-order valence-electron chi connectivity index (χ0n) is 20.5. The van der Waals surface area contributed by atoms with E-state index in [0.29, 0.717) is 28.3 Å². The summed E-state index contributed by atoms with van der Waals surface area (Å²) < 4.78 is 5.39. The molecular formula is C28H27N3O5. The highest BCUT2D eigenvalue weighted by molar-refractivity contribution is 6.51. The van der Waals surface area contributed by atoms with Gasteiger partial charge in [0.25, 0.3) is 11.7 Å². The van der Waals surface area contributed by atoms with Crippen LogP contribution in [-0.4, -0.2) is 43.9 Å². The summed E-state index contributed by atoms with van der Waals surface area (Å²) in [5.74, 6) is -1.82. The van der Waals surface area contributed by atoms with Gasteiger partial charge in [0.05, 0.1) is 24.3 Å². The molecule has 0 bridgehead atoms. The maximum atomic E-state index is 13.4. The van der Waals surface area contributed by atoms with Crippen LogP contribution in [0.2, 0.25) is 0 Å². The molecule has 3 aromatic carbocycles. The Balaban J connectivity index is 1.94. The highest BCUT2D eigenvalue weighted by Gasteiger charge is 2.47. The fraction of sp³-hybridized carbons (Fsp3) is 0.179. The summed E-state index contributed by atoms with van der Waals surface area (Å²) in [6.07, 6.45) is 0. The molecule has 0 radical (unpaired) electrons. The standard InChI is InChI=1S/C28H27N3O5/c1-17(32)29-19-8-7-9-21(16-19)31-25(18-12-14-20(15-13-18)30(2)3)24(27(34)28(31)35)26(33)22-10-5-6-11-23(22)36-4/h5-16,25,33H,1-4H3,(H,29,32)/b26-24+. The number of aliphatic hydroxyl groups is 1. The number of hydrogen-bond donors (Lipinski definition) is 2. The van der Waals surface area contributed by atoms with Crippen molar-refractivity contribution in [1.29, 1.82) is 0 Å². The van der Waals surface area contributed by atoms with E-state index in [1.165, 1.54) is 18.9 Å². The van der Waals surface area contributed by atoms with Crippen molar-refractivity contribution in [3.8, 4) is 5.75 Å². The van der Waals surface area contributed by atoms with E-state index in [-0.39, 0.29) is 17.2 Å². The SMILES string of the molecule is COc1ccccc1/C(O)=C1\C(=O)C(=O)N(c2cccc(NC(C)=O)c2)C1c1ccc(N(C)C)cc1. The van der Waals surface area contributed by atoms with Crippen LogP contribution >= 0.6 is 0 Å². The molecule has 184 valence electrons. The highest BCUT2D eigenvalue weighted by atomic mass is 16.5. The molecule has 8 nitrogen and oxygen atoms in total. The van der Waals surface area contributed by atoms with Crippen molar-refractivity contribution in [2.75, 3.05) is 36.3 Å². The van der Waals surface area contributed by atoms with Gasteiger partial charge in [0, 0.05) is 38.1 Å². The van der Waals surface area contributed by atoms with Crippen LogP contribution in [0.5, 0.6) is 5.75 Å². The number of hydrogen-bond acceptors (Lipinski definition) is 6. The van der Waals surface area contributed by atoms with Crippen molar-refractivity contribution in [1.82, 2.24) is 0 Å². The molecule has 8 heteroatoms. The second-order valence-corrected chi connectivity index (χ2v) is 8.59. The average molecular weight is 486 g/mol. The predicted molar refractivity (Wildman–Crippen MR) is 139 cm³/mol. The lowest BCUT2D eigenvalue weighted by Gasteiger charge is -2.26. The van der Waals surface area contributed by atoms with E-state index < -0.39 is 17.7 Å². The second-order valence-electron chi connectivity index (χ2n) is 8.59. The van der Waals surface area contributed by atoms with Crippen LogP contribution in [0.4, 0.5) is 17.1 Å². The maximum Gasteiger partial charge on any atom is 0.300 e. The summed E-state index contributed by atoms with van der Waals surface area (Å²) in [5.41, 5.74) is 2.72. The third-order valence-corrected chi connectivity index (χ3v) is 5.98. The van der Waals surface area contributed by atoms with Crippen LogP contribution in [0.15, 0.2) is 78.4 Å². The predicted octanol–water partition coefficient (Wildman–Crippen LogP) is 4.35. The molecule has 0 aliphatic carbocycles.